The van der Waals surface area contributed by atoms with Crippen molar-refractivity contribution in [3.05, 3.63) is 83.7 Å². The number of carbonyl (C=O) groups excluding carboxylic acids is 3. The van der Waals surface area contributed by atoms with Crippen molar-refractivity contribution in [1.29, 1.82) is 0 Å². The first-order valence-electron chi connectivity index (χ1n) is 12.3. The number of phenolic OH excluding ortho intramolecular Hbond substituents is 1. The number of ether oxygens (including phenoxy) is 1. The van der Waals surface area contributed by atoms with Gasteiger partial charge in [-0.1, -0.05) is 18.2 Å². The summed E-state index contributed by atoms with van der Waals surface area (Å²) in [5.74, 6) is -1.24. The van der Waals surface area contributed by atoms with Gasteiger partial charge in [0.05, 0.1) is 11.1 Å². The highest BCUT2D eigenvalue weighted by atomic mass is 19.1. The lowest BCUT2D eigenvalue weighted by molar-refractivity contribution is 0.0141. The van der Waals surface area contributed by atoms with Crippen molar-refractivity contribution in [3.63, 3.8) is 0 Å². The summed E-state index contributed by atoms with van der Waals surface area (Å²) in [7, 11) is 0. The minimum atomic E-state index is -0.617. The maximum absolute atomic E-state index is 13.6. The Morgan fingerprint density at radius 1 is 0.842 bits per heavy atom. The highest BCUT2D eigenvalue weighted by Gasteiger charge is 2.30. The number of amides is 3. The molecule has 0 bridgehead atoms. The number of hydrogen-bond donors (Lipinski definition) is 2. The number of rotatable bonds is 4. The molecule has 1 aliphatic rings. The fourth-order valence-electron chi connectivity index (χ4n) is 4.10. The van der Waals surface area contributed by atoms with Gasteiger partial charge >= 0.3 is 6.09 Å². The minimum Gasteiger partial charge on any atom is -0.508 e. The van der Waals surface area contributed by atoms with Crippen LogP contribution >= 0.6 is 0 Å². The lowest BCUT2D eigenvalue weighted by Crippen LogP contribution is -2.51. The fraction of sp³-hybridized carbons (Fsp3) is 0.276. The Balaban J connectivity index is 1.59. The smallest absolute Gasteiger partial charge is 0.410 e. The number of phenols is 1. The Hall–Kier alpha value is -4.40. The molecule has 198 valence electrons. The van der Waals surface area contributed by atoms with E-state index in [9.17, 15) is 23.9 Å². The van der Waals surface area contributed by atoms with Crippen LogP contribution < -0.4 is 5.32 Å². The molecule has 3 aromatic carbocycles. The molecule has 1 saturated heterocycles. The number of aromatic hydroxyl groups is 1. The number of nitrogens with zero attached hydrogens (tertiary/aromatic N) is 2. The summed E-state index contributed by atoms with van der Waals surface area (Å²) in [6, 6.07) is 16.8. The molecular weight excluding hydrogens is 489 g/mol. The number of benzene rings is 3. The molecule has 2 N–H and O–H groups in total. The number of anilines is 1. The summed E-state index contributed by atoms with van der Waals surface area (Å²) in [4.78, 5) is 42.4. The molecule has 1 fully saturated rings. The minimum absolute atomic E-state index is 0.0721. The van der Waals surface area contributed by atoms with Crippen LogP contribution in [-0.4, -0.2) is 64.6 Å². The molecule has 8 nitrogen and oxygen atoms in total. The Kier molecular flexibility index (Phi) is 7.66. The standard InChI is InChI=1S/C29H30FN3O5/c1-29(2,3)38-28(37)33-15-13-32(14-16-33)27(36)24-12-7-20(19-5-4-6-23(34)17-19)18-25(24)26(35)31-22-10-8-21(30)9-11-22/h4-12,17-18,34H,13-16H2,1-3H3,(H,31,35). The second-order valence-corrected chi connectivity index (χ2v) is 10.0. The molecule has 0 radical (unpaired) electrons. The number of hydrogen-bond acceptors (Lipinski definition) is 5. The predicted molar refractivity (Wildman–Crippen MR) is 142 cm³/mol. The monoisotopic (exact) mass is 519 g/mol. The van der Waals surface area contributed by atoms with Crippen LogP contribution in [0.4, 0.5) is 14.9 Å². The van der Waals surface area contributed by atoms with Gasteiger partial charge in [-0.15, -0.1) is 0 Å². The van der Waals surface area contributed by atoms with Gasteiger partial charge in [-0.3, -0.25) is 9.59 Å². The molecule has 38 heavy (non-hydrogen) atoms. The van der Waals surface area contributed by atoms with Crippen LogP contribution in [-0.2, 0) is 4.74 Å². The maximum atomic E-state index is 13.6. The van der Waals surface area contributed by atoms with Gasteiger partial charge in [0.15, 0.2) is 0 Å². The Morgan fingerprint density at radius 2 is 1.47 bits per heavy atom. The zero-order valence-electron chi connectivity index (χ0n) is 21.5. The first-order valence-corrected chi connectivity index (χ1v) is 12.3. The van der Waals surface area contributed by atoms with Crippen LogP contribution in [0.15, 0.2) is 66.7 Å². The molecule has 3 amide bonds. The van der Waals surface area contributed by atoms with Gasteiger partial charge in [-0.05, 0) is 80.4 Å². The van der Waals surface area contributed by atoms with E-state index < -0.39 is 23.4 Å². The van der Waals surface area contributed by atoms with Crippen LogP contribution in [0.5, 0.6) is 5.75 Å². The first kappa shape index (κ1) is 26.7. The largest absolute Gasteiger partial charge is 0.508 e. The maximum Gasteiger partial charge on any atom is 0.410 e. The van der Waals surface area contributed by atoms with E-state index in [1.54, 1.807) is 73.0 Å². The first-order chi connectivity index (χ1) is 18.0. The molecule has 0 aromatic heterocycles. The van der Waals surface area contributed by atoms with E-state index in [0.717, 1.165) is 0 Å². The van der Waals surface area contributed by atoms with E-state index >= 15 is 0 Å². The Labute approximate surface area is 220 Å². The fourth-order valence-corrected chi connectivity index (χ4v) is 4.10. The molecule has 3 aromatic rings. The SMILES string of the molecule is CC(C)(C)OC(=O)N1CCN(C(=O)c2ccc(-c3cccc(O)c3)cc2C(=O)Nc2ccc(F)cc2)CC1. The van der Waals surface area contributed by atoms with Crippen molar-refractivity contribution < 1.29 is 28.6 Å². The molecule has 0 spiro atoms. The van der Waals surface area contributed by atoms with Gasteiger partial charge in [-0.25, -0.2) is 9.18 Å². The lowest BCUT2D eigenvalue weighted by Gasteiger charge is -2.35. The molecule has 1 heterocycles. The van der Waals surface area contributed by atoms with Crippen molar-refractivity contribution >= 4 is 23.6 Å². The third-order valence-corrected chi connectivity index (χ3v) is 5.99. The third kappa shape index (κ3) is 6.47. The van der Waals surface area contributed by atoms with Gasteiger partial charge < -0.3 is 25.0 Å². The van der Waals surface area contributed by atoms with E-state index in [2.05, 4.69) is 5.32 Å². The van der Waals surface area contributed by atoms with E-state index in [1.807, 2.05) is 0 Å². The second kappa shape index (κ2) is 10.9. The van der Waals surface area contributed by atoms with Crippen molar-refractivity contribution in [2.45, 2.75) is 26.4 Å². The van der Waals surface area contributed by atoms with Gasteiger partial charge in [0.2, 0.25) is 0 Å². The van der Waals surface area contributed by atoms with Crippen molar-refractivity contribution in [1.82, 2.24) is 9.80 Å². The number of carbonyl (C=O) groups is 3. The normalized spacial score (nSPS) is 13.7. The molecule has 0 saturated carbocycles. The van der Waals surface area contributed by atoms with Crippen molar-refractivity contribution in [3.8, 4) is 16.9 Å². The van der Waals surface area contributed by atoms with Gasteiger partial charge in [-0.2, -0.15) is 0 Å². The van der Waals surface area contributed by atoms with E-state index in [4.69, 9.17) is 4.74 Å². The lowest BCUT2D eigenvalue weighted by atomic mass is 9.97. The number of halogens is 1. The van der Waals surface area contributed by atoms with E-state index in [-0.39, 0.29) is 35.9 Å². The van der Waals surface area contributed by atoms with Crippen LogP contribution in [0.2, 0.25) is 0 Å². The van der Waals surface area contributed by atoms with Crippen molar-refractivity contribution in [2.75, 3.05) is 31.5 Å². The van der Waals surface area contributed by atoms with Gasteiger partial charge in [0, 0.05) is 31.9 Å². The average Bonchev–Trinajstić information content (AvgIpc) is 2.88. The van der Waals surface area contributed by atoms with E-state index in [0.29, 0.717) is 29.9 Å². The summed E-state index contributed by atoms with van der Waals surface area (Å²) >= 11 is 0. The molecule has 1 aliphatic heterocycles. The van der Waals surface area contributed by atoms with Crippen LogP contribution in [0, 0.1) is 5.82 Å². The zero-order valence-corrected chi connectivity index (χ0v) is 21.5. The topological polar surface area (TPSA) is 99.2 Å². The third-order valence-electron chi connectivity index (χ3n) is 5.99. The molecule has 0 aliphatic carbocycles. The molecule has 0 atom stereocenters. The molecule has 9 heteroatoms. The van der Waals surface area contributed by atoms with Crippen LogP contribution in [0.3, 0.4) is 0 Å². The number of piperazine rings is 1. The summed E-state index contributed by atoms with van der Waals surface area (Å²) in [5.41, 5.74) is 1.40. The highest BCUT2D eigenvalue weighted by Crippen LogP contribution is 2.27. The summed E-state index contributed by atoms with van der Waals surface area (Å²) < 4.78 is 18.8. The van der Waals surface area contributed by atoms with Gasteiger partial charge in [0.25, 0.3) is 11.8 Å². The van der Waals surface area contributed by atoms with Crippen LogP contribution in [0.25, 0.3) is 11.1 Å². The van der Waals surface area contributed by atoms with Gasteiger partial charge in [0.1, 0.15) is 17.2 Å². The predicted octanol–water partition coefficient (Wildman–Crippen LogP) is 5.14. The number of nitrogens with one attached hydrogen (secondary N) is 1. The Bertz CT molecular complexity index is 1340. The summed E-state index contributed by atoms with van der Waals surface area (Å²) in [6.45, 7) is 6.56. The molecular formula is C29H30FN3O5. The summed E-state index contributed by atoms with van der Waals surface area (Å²) in [6.07, 6.45) is -0.431. The highest BCUT2D eigenvalue weighted by molar-refractivity contribution is 6.12. The molecule has 4 rings (SSSR count). The van der Waals surface area contributed by atoms with Crippen LogP contribution in [0.1, 0.15) is 41.5 Å². The summed E-state index contributed by atoms with van der Waals surface area (Å²) in [5, 5.41) is 12.6. The quantitative estimate of drug-likeness (QED) is 0.497. The average molecular weight is 520 g/mol. The molecule has 0 unspecified atom stereocenters. The zero-order chi connectivity index (χ0) is 27.4. The van der Waals surface area contributed by atoms with E-state index in [1.165, 1.54) is 24.3 Å². The second-order valence-electron chi connectivity index (χ2n) is 10.0. The van der Waals surface area contributed by atoms with Crippen molar-refractivity contribution in [2.24, 2.45) is 0 Å². The Morgan fingerprint density at radius 3 is 2.11 bits per heavy atom.